The molecule has 2 N–H and O–H groups in total. The maximum absolute atomic E-state index is 13.1. The van der Waals surface area contributed by atoms with Crippen LogP contribution in [0.1, 0.15) is 6.42 Å². The highest BCUT2D eigenvalue weighted by atomic mass is 19.4. The number of carbonyl (C=O) groups is 1. The number of hydroxylamine groups is 3. The van der Waals surface area contributed by atoms with Gasteiger partial charge in [-0.3, -0.25) is 4.79 Å². The highest BCUT2D eigenvalue weighted by Crippen LogP contribution is 2.53. The maximum atomic E-state index is 13.1. The van der Waals surface area contributed by atoms with Crippen LogP contribution < -0.4 is 5.32 Å². The molecule has 1 amide bonds. The van der Waals surface area contributed by atoms with Crippen LogP contribution >= 0.6 is 0 Å². The van der Waals surface area contributed by atoms with Gasteiger partial charge in [-0.05, 0) is 0 Å². The minimum absolute atomic E-state index is 0.138. The van der Waals surface area contributed by atoms with E-state index in [1.807, 2.05) is 0 Å². The fraction of sp³-hybridized carbons (Fsp3) is 0.900. The van der Waals surface area contributed by atoms with E-state index in [1.165, 1.54) is 14.1 Å². The Hall–Kier alpha value is -1.24. The summed E-state index contributed by atoms with van der Waals surface area (Å²) in [6.45, 7) is -0.884. The molecule has 13 heteroatoms. The van der Waals surface area contributed by atoms with Crippen LogP contribution in [0.2, 0.25) is 0 Å². The number of hydrogen-bond acceptors (Lipinski definition) is 2. The largest absolute Gasteiger partial charge is 0.460 e. The summed E-state index contributed by atoms with van der Waals surface area (Å²) >= 11 is 0. The van der Waals surface area contributed by atoms with Crippen molar-refractivity contribution in [3.63, 3.8) is 0 Å². The van der Waals surface area contributed by atoms with Gasteiger partial charge in [0.15, 0.2) is 0 Å². The van der Waals surface area contributed by atoms with Crippen molar-refractivity contribution in [1.29, 1.82) is 0 Å². The van der Waals surface area contributed by atoms with Crippen LogP contribution in [0.3, 0.4) is 0 Å². The van der Waals surface area contributed by atoms with Gasteiger partial charge in [0.05, 0.1) is 14.1 Å². The molecule has 23 heavy (non-hydrogen) atoms. The van der Waals surface area contributed by atoms with Crippen molar-refractivity contribution in [3.05, 3.63) is 0 Å². The number of alkyl halides is 9. The fourth-order valence-electron chi connectivity index (χ4n) is 1.30. The van der Waals surface area contributed by atoms with Crippen molar-refractivity contribution in [2.45, 2.75) is 30.4 Å². The Morgan fingerprint density at radius 3 is 1.74 bits per heavy atom. The van der Waals surface area contributed by atoms with Crippen LogP contribution in [0.5, 0.6) is 0 Å². The Morgan fingerprint density at radius 1 is 0.957 bits per heavy atom. The SMILES string of the molecule is C[N+](C)(O)CCCNC(=O)C(F)(F)C(F)(F)C(F)(F)C(F)(F)F. The van der Waals surface area contributed by atoms with Crippen molar-refractivity contribution in [2.24, 2.45) is 0 Å². The summed E-state index contributed by atoms with van der Waals surface area (Å²) in [5.41, 5.74) is 0. The molecule has 0 saturated carbocycles. The van der Waals surface area contributed by atoms with Gasteiger partial charge in [0.1, 0.15) is 6.54 Å². The van der Waals surface area contributed by atoms with E-state index in [-0.39, 0.29) is 13.0 Å². The average Bonchev–Trinajstić information content (AvgIpc) is 2.31. The van der Waals surface area contributed by atoms with Gasteiger partial charge in [0, 0.05) is 13.0 Å². The smallest absolute Gasteiger partial charge is 0.350 e. The number of rotatable bonds is 7. The molecule has 0 rings (SSSR count). The Morgan fingerprint density at radius 2 is 1.39 bits per heavy atom. The lowest BCUT2D eigenvalue weighted by atomic mass is 10.0. The van der Waals surface area contributed by atoms with Crippen molar-refractivity contribution in [2.75, 3.05) is 27.2 Å². The lowest BCUT2D eigenvalue weighted by Crippen LogP contribution is -2.65. The maximum Gasteiger partial charge on any atom is 0.460 e. The number of hydrogen-bond donors (Lipinski definition) is 2. The van der Waals surface area contributed by atoms with Crippen molar-refractivity contribution in [1.82, 2.24) is 5.32 Å². The molecule has 138 valence electrons. The van der Waals surface area contributed by atoms with E-state index < -0.39 is 41.0 Å². The van der Waals surface area contributed by atoms with Gasteiger partial charge < -0.3 is 5.32 Å². The van der Waals surface area contributed by atoms with Gasteiger partial charge in [-0.1, -0.05) is 0 Å². The highest BCUT2D eigenvalue weighted by Gasteiger charge is 2.83. The van der Waals surface area contributed by atoms with Gasteiger partial charge in [0.2, 0.25) is 0 Å². The molecule has 0 aromatic carbocycles. The zero-order chi connectivity index (χ0) is 18.9. The van der Waals surface area contributed by atoms with Crippen LogP contribution in [0.25, 0.3) is 0 Å². The van der Waals surface area contributed by atoms with E-state index in [0.29, 0.717) is 0 Å². The summed E-state index contributed by atoms with van der Waals surface area (Å²) in [7, 11) is 2.49. The van der Waals surface area contributed by atoms with E-state index in [4.69, 9.17) is 0 Å². The molecule has 0 aliphatic carbocycles. The number of nitrogens with zero attached hydrogens (tertiary/aromatic N) is 1. The zero-order valence-corrected chi connectivity index (χ0v) is 11.8. The van der Waals surface area contributed by atoms with Crippen molar-refractivity contribution >= 4 is 5.91 Å². The fourth-order valence-corrected chi connectivity index (χ4v) is 1.30. The molecule has 0 saturated heterocycles. The van der Waals surface area contributed by atoms with Gasteiger partial charge in [-0.25, -0.2) is 5.21 Å². The normalized spacial score (nSPS) is 14.8. The van der Waals surface area contributed by atoms with Gasteiger partial charge >= 0.3 is 23.9 Å². The molecule has 0 bridgehead atoms. The summed E-state index contributed by atoms with van der Waals surface area (Å²) < 4.78 is 112. The third-order valence-corrected chi connectivity index (χ3v) is 2.60. The minimum Gasteiger partial charge on any atom is -0.350 e. The van der Waals surface area contributed by atoms with Crippen LogP contribution in [0.4, 0.5) is 39.5 Å². The van der Waals surface area contributed by atoms with Crippen LogP contribution in [0, 0.1) is 0 Å². The number of amides is 1. The lowest BCUT2D eigenvalue weighted by molar-refractivity contribution is -1.07. The number of nitrogens with one attached hydrogen (secondary N) is 1. The molecule has 0 fully saturated rings. The molecule has 0 aromatic rings. The van der Waals surface area contributed by atoms with Gasteiger partial charge in [-0.15, -0.1) is 0 Å². The zero-order valence-electron chi connectivity index (χ0n) is 11.8. The second kappa shape index (κ2) is 6.34. The molecular formula is C10H14F9N2O2+. The third-order valence-electron chi connectivity index (χ3n) is 2.60. The molecule has 0 heterocycles. The van der Waals surface area contributed by atoms with Gasteiger partial charge in [0.25, 0.3) is 5.91 Å². The Bertz CT molecular complexity index is 429. The topological polar surface area (TPSA) is 49.3 Å². The second-order valence-corrected chi connectivity index (χ2v) is 5.18. The second-order valence-electron chi connectivity index (χ2n) is 5.18. The van der Waals surface area contributed by atoms with E-state index in [2.05, 4.69) is 0 Å². The predicted molar refractivity (Wildman–Crippen MR) is 57.3 cm³/mol. The van der Waals surface area contributed by atoms with Crippen LogP contribution in [-0.2, 0) is 4.79 Å². The molecule has 4 nitrogen and oxygen atoms in total. The average molecular weight is 365 g/mol. The number of carbonyl (C=O) groups excluding carboxylic acids is 1. The van der Waals surface area contributed by atoms with Crippen LogP contribution in [-0.4, -0.2) is 66.9 Å². The van der Waals surface area contributed by atoms with E-state index in [1.54, 1.807) is 0 Å². The molecule has 0 unspecified atom stereocenters. The third kappa shape index (κ3) is 4.62. The first-order valence-electron chi connectivity index (χ1n) is 5.92. The number of quaternary nitrogens is 1. The first-order chi connectivity index (χ1) is 9.88. The summed E-state index contributed by atoms with van der Waals surface area (Å²) in [6, 6.07) is 0. The van der Waals surface area contributed by atoms with Crippen LogP contribution in [0.15, 0.2) is 0 Å². The predicted octanol–water partition coefficient (Wildman–Crippen LogP) is 2.43. The molecular weight excluding hydrogens is 351 g/mol. The number of halogens is 9. The molecule has 0 spiro atoms. The molecule has 0 atom stereocenters. The lowest BCUT2D eigenvalue weighted by Gasteiger charge is -2.32. The van der Waals surface area contributed by atoms with Crippen molar-refractivity contribution in [3.8, 4) is 0 Å². The summed E-state index contributed by atoms with van der Waals surface area (Å²) in [5.74, 6) is -23.4. The molecule has 0 aliphatic heterocycles. The Kier molecular flexibility index (Phi) is 6.00. The summed E-state index contributed by atoms with van der Waals surface area (Å²) in [6.07, 6.45) is -7.20. The standard InChI is InChI=1S/C10H13F9N2O2/c1-21(2,23)5-3-4-20-6(22)7(11,12)8(13,14)9(15,16)10(17,18)19/h23H,3-5H2,1-2H3/p+1. The quantitative estimate of drug-likeness (QED) is 0.315. The monoisotopic (exact) mass is 365 g/mol. The summed E-state index contributed by atoms with van der Waals surface area (Å²) in [5, 5.41) is 10.3. The Balaban J connectivity index is 5.06. The highest BCUT2D eigenvalue weighted by molar-refractivity contribution is 5.84. The van der Waals surface area contributed by atoms with Crippen molar-refractivity contribution < 1.29 is 54.2 Å². The summed E-state index contributed by atoms with van der Waals surface area (Å²) in [4.78, 5) is 10.9. The Labute approximate surface area is 124 Å². The molecule has 0 aliphatic rings. The molecule has 0 aromatic heterocycles. The van der Waals surface area contributed by atoms with Gasteiger partial charge in [-0.2, -0.15) is 44.2 Å². The first-order valence-corrected chi connectivity index (χ1v) is 5.92. The van der Waals surface area contributed by atoms with E-state index >= 15 is 0 Å². The van der Waals surface area contributed by atoms with E-state index in [9.17, 15) is 49.5 Å². The van der Waals surface area contributed by atoms with E-state index in [0.717, 1.165) is 5.32 Å². The first kappa shape index (κ1) is 21.8. The molecule has 0 radical (unpaired) electrons. The minimum atomic E-state index is -7.11.